The molecule has 0 radical (unpaired) electrons. The Morgan fingerprint density at radius 1 is 1.30 bits per heavy atom. The van der Waals surface area contributed by atoms with Gasteiger partial charge in [-0.3, -0.25) is 4.68 Å². The zero-order chi connectivity index (χ0) is 14.5. The molecule has 4 heteroatoms. The average Bonchev–Trinajstić information content (AvgIpc) is 2.72. The Morgan fingerprint density at radius 3 is 2.70 bits per heavy atom. The van der Waals surface area contributed by atoms with Gasteiger partial charge in [-0.15, -0.1) is 11.8 Å². The van der Waals surface area contributed by atoms with Crippen molar-refractivity contribution >= 4 is 11.8 Å². The van der Waals surface area contributed by atoms with Gasteiger partial charge in [-0.25, -0.2) is 0 Å². The molecule has 0 spiro atoms. The lowest BCUT2D eigenvalue weighted by Crippen LogP contribution is -2.30. The number of nitrogens with one attached hydrogen (secondary N) is 1. The van der Waals surface area contributed by atoms with Crippen LogP contribution in [-0.4, -0.2) is 28.6 Å². The van der Waals surface area contributed by atoms with E-state index in [0.717, 1.165) is 17.9 Å². The molecular formula is C16H23N3S. The first kappa shape index (κ1) is 15.1. The summed E-state index contributed by atoms with van der Waals surface area (Å²) in [5.74, 6) is 1.06. The third-order valence-corrected chi connectivity index (χ3v) is 4.56. The van der Waals surface area contributed by atoms with E-state index in [0.29, 0.717) is 6.04 Å². The molecule has 0 aliphatic heterocycles. The Morgan fingerprint density at radius 2 is 2.10 bits per heavy atom. The third kappa shape index (κ3) is 4.12. The Kier molecular flexibility index (Phi) is 5.26. The van der Waals surface area contributed by atoms with Gasteiger partial charge in [0.15, 0.2) is 0 Å². The maximum atomic E-state index is 4.41. The zero-order valence-corrected chi connectivity index (χ0v) is 13.5. The smallest absolute Gasteiger partial charge is 0.0596 e. The molecule has 1 aromatic carbocycles. The summed E-state index contributed by atoms with van der Waals surface area (Å²) in [4.78, 5) is 1.34. The van der Waals surface area contributed by atoms with Crippen molar-refractivity contribution in [2.24, 2.45) is 7.05 Å². The van der Waals surface area contributed by atoms with E-state index in [1.165, 1.54) is 16.2 Å². The van der Waals surface area contributed by atoms with E-state index in [9.17, 15) is 0 Å². The lowest BCUT2D eigenvalue weighted by Gasteiger charge is -2.16. The van der Waals surface area contributed by atoms with Gasteiger partial charge in [-0.2, -0.15) is 5.10 Å². The number of likely N-dealkylation sites (N-methyl/N-ethyl adjacent to an activating group) is 1. The van der Waals surface area contributed by atoms with Crippen LogP contribution in [0.15, 0.2) is 35.2 Å². The molecule has 20 heavy (non-hydrogen) atoms. The van der Waals surface area contributed by atoms with Crippen LogP contribution in [-0.2, 0) is 13.5 Å². The Hall–Kier alpha value is -1.26. The molecule has 0 bridgehead atoms. The number of thioether (sulfide) groups is 1. The molecule has 1 N–H and O–H groups in total. The van der Waals surface area contributed by atoms with Crippen LogP contribution >= 0.6 is 11.8 Å². The first-order valence-corrected chi connectivity index (χ1v) is 7.93. The predicted molar refractivity (Wildman–Crippen MR) is 86.4 cm³/mol. The van der Waals surface area contributed by atoms with Crippen LogP contribution in [0.5, 0.6) is 0 Å². The topological polar surface area (TPSA) is 29.9 Å². The van der Waals surface area contributed by atoms with Gasteiger partial charge in [0.25, 0.3) is 0 Å². The Balaban J connectivity index is 1.94. The van der Waals surface area contributed by atoms with Gasteiger partial charge < -0.3 is 5.32 Å². The van der Waals surface area contributed by atoms with Crippen LogP contribution in [0.2, 0.25) is 0 Å². The summed E-state index contributed by atoms with van der Waals surface area (Å²) in [5.41, 5.74) is 3.69. The molecule has 0 saturated carbocycles. The third-order valence-electron chi connectivity index (χ3n) is 3.40. The lowest BCUT2D eigenvalue weighted by atomic mass is 10.2. The zero-order valence-electron chi connectivity index (χ0n) is 12.7. The second-order valence-electron chi connectivity index (χ2n) is 5.22. The van der Waals surface area contributed by atoms with Crippen LogP contribution in [0.4, 0.5) is 0 Å². The van der Waals surface area contributed by atoms with Crippen molar-refractivity contribution in [3.63, 3.8) is 0 Å². The summed E-state index contributed by atoms with van der Waals surface area (Å²) >= 11 is 1.91. The molecule has 3 nitrogen and oxygen atoms in total. The molecule has 1 heterocycles. The summed E-state index contributed by atoms with van der Waals surface area (Å²) in [5, 5.41) is 7.82. The van der Waals surface area contributed by atoms with Crippen molar-refractivity contribution in [2.45, 2.75) is 31.2 Å². The lowest BCUT2D eigenvalue weighted by molar-refractivity contribution is 0.582. The molecule has 0 amide bonds. The van der Waals surface area contributed by atoms with Crippen molar-refractivity contribution in [1.29, 1.82) is 0 Å². The molecule has 2 rings (SSSR count). The summed E-state index contributed by atoms with van der Waals surface area (Å²) in [7, 11) is 4.05. The summed E-state index contributed by atoms with van der Waals surface area (Å²) in [6.45, 7) is 4.18. The molecule has 1 unspecified atom stereocenters. The second-order valence-corrected chi connectivity index (χ2v) is 6.31. The number of hydrogen-bond donors (Lipinski definition) is 1. The second kappa shape index (κ2) is 6.95. The molecular weight excluding hydrogens is 266 g/mol. The van der Waals surface area contributed by atoms with Gasteiger partial charge in [0.1, 0.15) is 0 Å². The minimum Gasteiger partial charge on any atom is -0.316 e. The number of aryl methyl sites for hydroxylation is 3. The number of aromatic nitrogens is 2. The van der Waals surface area contributed by atoms with Crippen LogP contribution in [0, 0.1) is 13.8 Å². The highest BCUT2D eigenvalue weighted by molar-refractivity contribution is 7.99. The predicted octanol–water partition coefficient (Wildman–Crippen LogP) is 2.96. The maximum Gasteiger partial charge on any atom is 0.0596 e. The van der Waals surface area contributed by atoms with Crippen molar-refractivity contribution in [3.8, 4) is 0 Å². The van der Waals surface area contributed by atoms with E-state index in [2.05, 4.69) is 47.7 Å². The van der Waals surface area contributed by atoms with E-state index in [-0.39, 0.29) is 0 Å². The van der Waals surface area contributed by atoms with Crippen LogP contribution in [0.1, 0.15) is 17.0 Å². The van der Waals surface area contributed by atoms with Crippen molar-refractivity contribution in [2.75, 3.05) is 12.8 Å². The summed E-state index contributed by atoms with van der Waals surface area (Å²) < 4.78 is 1.98. The fraction of sp³-hybridized carbons (Fsp3) is 0.438. The van der Waals surface area contributed by atoms with E-state index in [1.54, 1.807) is 0 Å². The quantitative estimate of drug-likeness (QED) is 0.829. The first-order chi connectivity index (χ1) is 9.58. The van der Waals surface area contributed by atoms with Gasteiger partial charge in [-0.05, 0) is 39.1 Å². The van der Waals surface area contributed by atoms with Crippen molar-refractivity contribution in [1.82, 2.24) is 15.1 Å². The fourth-order valence-electron chi connectivity index (χ4n) is 2.25. The molecule has 0 saturated heterocycles. The van der Waals surface area contributed by atoms with Gasteiger partial charge >= 0.3 is 0 Å². The highest BCUT2D eigenvalue weighted by Gasteiger charge is 2.11. The summed E-state index contributed by atoms with van der Waals surface area (Å²) in [6, 6.07) is 11.3. The molecule has 0 aliphatic rings. The monoisotopic (exact) mass is 289 g/mol. The van der Waals surface area contributed by atoms with Gasteiger partial charge in [0.05, 0.1) is 5.69 Å². The molecule has 108 valence electrons. The molecule has 1 atom stereocenters. The fourth-order valence-corrected chi connectivity index (χ4v) is 3.38. The number of nitrogens with zero attached hydrogens (tertiary/aromatic N) is 2. The highest BCUT2D eigenvalue weighted by Crippen LogP contribution is 2.20. The average molecular weight is 289 g/mol. The van der Waals surface area contributed by atoms with E-state index < -0.39 is 0 Å². The Labute approximate surface area is 125 Å². The molecule has 1 aromatic heterocycles. The van der Waals surface area contributed by atoms with Gasteiger partial charge in [0.2, 0.25) is 0 Å². The minimum absolute atomic E-state index is 0.454. The number of benzene rings is 1. The number of hydrogen-bond acceptors (Lipinski definition) is 3. The SMILES string of the molecule is CNC(CSc1cccc(C)c1)Cc1cc(C)nn1C. The van der Waals surface area contributed by atoms with E-state index >= 15 is 0 Å². The van der Waals surface area contributed by atoms with Gasteiger partial charge in [0, 0.05) is 35.9 Å². The molecule has 0 aliphatic carbocycles. The molecule has 2 aromatic rings. The normalized spacial score (nSPS) is 12.6. The van der Waals surface area contributed by atoms with Crippen molar-refractivity contribution in [3.05, 3.63) is 47.3 Å². The summed E-state index contributed by atoms with van der Waals surface area (Å²) in [6.07, 6.45) is 1.01. The minimum atomic E-state index is 0.454. The first-order valence-electron chi connectivity index (χ1n) is 6.94. The standard InChI is InChI=1S/C16H23N3S/c1-12-6-5-7-16(8-12)20-11-14(17-3)10-15-9-13(2)18-19(15)4/h5-9,14,17H,10-11H2,1-4H3. The number of rotatable bonds is 6. The maximum absolute atomic E-state index is 4.41. The van der Waals surface area contributed by atoms with Crippen LogP contribution < -0.4 is 5.32 Å². The van der Waals surface area contributed by atoms with E-state index in [1.807, 2.05) is 37.5 Å². The van der Waals surface area contributed by atoms with Crippen LogP contribution in [0.3, 0.4) is 0 Å². The largest absolute Gasteiger partial charge is 0.316 e. The highest BCUT2D eigenvalue weighted by atomic mass is 32.2. The van der Waals surface area contributed by atoms with Crippen LogP contribution in [0.25, 0.3) is 0 Å². The van der Waals surface area contributed by atoms with Crippen molar-refractivity contribution < 1.29 is 0 Å². The Bertz CT molecular complexity index is 563. The van der Waals surface area contributed by atoms with Gasteiger partial charge in [-0.1, -0.05) is 17.7 Å². The molecule has 0 fully saturated rings. The van der Waals surface area contributed by atoms with E-state index in [4.69, 9.17) is 0 Å².